The lowest BCUT2D eigenvalue weighted by molar-refractivity contribution is -0.121. The molecule has 3 aliphatic rings. The minimum atomic E-state index is -0.539. The molecular weight excluding hydrogens is 308 g/mol. The van der Waals surface area contributed by atoms with Crippen molar-refractivity contribution in [3.8, 4) is 0 Å². The molecule has 0 aromatic rings. The average molecular weight is 334 g/mol. The van der Waals surface area contributed by atoms with Crippen molar-refractivity contribution in [1.29, 1.82) is 0 Å². The quantitative estimate of drug-likeness (QED) is 0.726. The summed E-state index contributed by atoms with van der Waals surface area (Å²) < 4.78 is 5.36. The van der Waals surface area contributed by atoms with E-state index in [0.717, 1.165) is 17.0 Å². The molecular formula is C17H26N4O3. The molecule has 7 nitrogen and oxygen atoms in total. The van der Waals surface area contributed by atoms with Gasteiger partial charge in [-0.1, -0.05) is 20.8 Å². The van der Waals surface area contributed by atoms with Crippen molar-refractivity contribution in [2.24, 2.45) is 11.0 Å². The van der Waals surface area contributed by atoms with E-state index in [1.54, 1.807) is 19.0 Å². The fraction of sp³-hybridized carbons (Fsp3) is 0.529. The Kier molecular flexibility index (Phi) is 5.80. The maximum atomic E-state index is 11.4. The lowest BCUT2D eigenvalue weighted by atomic mass is 9.90. The lowest BCUT2D eigenvalue weighted by Gasteiger charge is -2.31. The van der Waals surface area contributed by atoms with Gasteiger partial charge in [0.1, 0.15) is 0 Å². The number of fused-ring (bicyclic) bond motifs is 1. The van der Waals surface area contributed by atoms with E-state index in [2.05, 4.69) is 16.0 Å². The minimum Gasteiger partial charge on any atom is -0.481 e. The molecule has 0 aromatic carbocycles. The number of carbonyl (C=O) groups is 1. The van der Waals surface area contributed by atoms with Crippen LogP contribution in [0.4, 0.5) is 0 Å². The maximum Gasteiger partial charge on any atom is 0.240 e. The van der Waals surface area contributed by atoms with Gasteiger partial charge >= 0.3 is 0 Å². The van der Waals surface area contributed by atoms with Gasteiger partial charge in [0, 0.05) is 24.0 Å². The summed E-state index contributed by atoms with van der Waals surface area (Å²) in [5.41, 5.74) is 8.37. The molecule has 3 unspecified atom stereocenters. The topological polar surface area (TPSA) is 86.2 Å². The second-order valence-corrected chi connectivity index (χ2v) is 5.71. The Morgan fingerprint density at radius 1 is 1.42 bits per heavy atom. The molecule has 0 fully saturated rings. The van der Waals surface area contributed by atoms with Gasteiger partial charge in [0.15, 0.2) is 0 Å². The van der Waals surface area contributed by atoms with Gasteiger partial charge in [-0.2, -0.15) is 5.10 Å². The lowest BCUT2D eigenvalue weighted by Crippen LogP contribution is -2.43. The van der Waals surface area contributed by atoms with E-state index in [0.29, 0.717) is 12.3 Å². The molecule has 24 heavy (non-hydrogen) atoms. The van der Waals surface area contributed by atoms with E-state index in [9.17, 15) is 9.90 Å². The zero-order chi connectivity index (χ0) is 17.9. The van der Waals surface area contributed by atoms with Crippen LogP contribution >= 0.6 is 0 Å². The number of methoxy groups -OCH3 is 1. The van der Waals surface area contributed by atoms with Crippen molar-refractivity contribution in [2.75, 3.05) is 7.11 Å². The van der Waals surface area contributed by atoms with E-state index in [-0.39, 0.29) is 17.9 Å². The van der Waals surface area contributed by atoms with Gasteiger partial charge in [0.05, 0.1) is 30.7 Å². The third-order valence-corrected chi connectivity index (χ3v) is 4.01. The largest absolute Gasteiger partial charge is 0.481 e. The van der Waals surface area contributed by atoms with Crippen molar-refractivity contribution in [2.45, 2.75) is 46.3 Å². The summed E-state index contributed by atoms with van der Waals surface area (Å²) in [6.45, 7) is 7.71. The van der Waals surface area contributed by atoms with Gasteiger partial charge in [-0.15, -0.1) is 0 Å². The molecule has 0 radical (unpaired) electrons. The highest BCUT2D eigenvalue weighted by Crippen LogP contribution is 2.33. The Balaban J connectivity index is 0.00000100. The number of nitrogens with zero attached hydrogens (tertiary/aromatic N) is 2. The number of hydrazine groups is 1. The molecule has 0 aromatic heterocycles. The molecule has 0 spiro atoms. The highest BCUT2D eigenvalue weighted by Gasteiger charge is 2.36. The molecule has 3 heterocycles. The summed E-state index contributed by atoms with van der Waals surface area (Å²) in [5, 5.41) is 15.9. The highest BCUT2D eigenvalue weighted by molar-refractivity contribution is 6.08. The molecule has 3 N–H and O–H groups in total. The first-order chi connectivity index (χ1) is 11.5. The predicted octanol–water partition coefficient (Wildman–Crippen LogP) is 1.41. The Morgan fingerprint density at radius 3 is 2.71 bits per heavy atom. The third-order valence-electron chi connectivity index (χ3n) is 4.01. The number of hydrogen-bond acceptors (Lipinski definition) is 6. The average Bonchev–Trinajstić information content (AvgIpc) is 3.02. The van der Waals surface area contributed by atoms with E-state index >= 15 is 0 Å². The molecule has 0 saturated heterocycles. The van der Waals surface area contributed by atoms with E-state index in [1.807, 2.05) is 39.0 Å². The van der Waals surface area contributed by atoms with Crippen LogP contribution in [0.1, 0.15) is 34.1 Å². The Hall–Kier alpha value is -2.12. The van der Waals surface area contributed by atoms with E-state index < -0.39 is 6.10 Å². The van der Waals surface area contributed by atoms with Crippen LogP contribution in [0, 0.1) is 5.92 Å². The summed E-state index contributed by atoms with van der Waals surface area (Å²) in [6, 6.07) is -0.205. The molecule has 0 bridgehead atoms. The van der Waals surface area contributed by atoms with Crippen molar-refractivity contribution in [3.05, 3.63) is 35.4 Å². The van der Waals surface area contributed by atoms with Crippen LogP contribution < -0.4 is 10.9 Å². The number of rotatable bonds is 3. The smallest absolute Gasteiger partial charge is 0.240 e. The Labute approximate surface area is 142 Å². The summed E-state index contributed by atoms with van der Waals surface area (Å²) in [7, 11) is 1.60. The van der Waals surface area contributed by atoms with Crippen LogP contribution in [-0.2, 0) is 9.53 Å². The van der Waals surface area contributed by atoms with E-state index in [4.69, 9.17) is 4.74 Å². The summed E-state index contributed by atoms with van der Waals surface area (Å²) >= 11 is 0. The first-order valence-electron chi connectivity index (χ1n) is 8.30. The zero-order valence-corrected chi connectivity index (χ0v) is 14.8. The van der Waals surface area contributed by atoms with Crippen LogP contribution in [0.5, 0.6) is 0 Å². The van der Waals surface area contributed by atoms with E-state index in [1.165, 1.54) is 0 Å². The number of nitrogens with one attached hydrogen (secondary N) is 2. The van der Waals surface area contributed by atoms with Crippen LogP contribution in [0.2, 0.25) is 0 Å². The molecule has 3 rings (SSSR count). The van der Waals surface area contributed by atoms with Gasteiger partial charge in [-0.25, -0.2) is 15.9 Å². The predicted molar refractivity (Wildman–Crippen MR) is 92.4 cm³/mol. The number of hydrogen-bond donors (Lipinski definition) is 3. The molecule has 3 atom stereocenters. The minimum absolute atomic E-state index is 0.0332. The van der Waals surface area contributed by atoms with Crippen LogP contribution in [0.3, 0.4) is 0 Å². The second kappa shape index (κ2) is 7.63. The molecule has 0 saturated carbocycles. The Morgan fingerprint density at radius 2 is 2.12 bits per heavy atom. The fourth-order valence-electron chi connectivity index (χ4n) is 2.81. The zero-order valence-electron chi connectivity index (χ0n) is 14.8. The van der Waals surface area contributed by atoms with Gasteiger partial charge in [-0.05, 0) is 19.1 Å². The number of allylic oxidation sites excluding steroid dienone is 3. The summed E-state index contributed by atoms with van der Waals surface area (Å²) in [6.07, 6.45) is 5.60. The van der Waals surface area contributed by atoms with Crippen LogP contribution in [-0.4, -0.2) is 41.0 Å². The second-order valence-electron chi connectivity index (χ2n) is 5.71. The van der Waals surface area contributed by atoms with Crippen molar-refractivity contribution in [1.82, 2.24) is 15.9 Å². The molecule has 132 valence electrons. The van der Waals surface area contributed by atoms with Crippen molar-refractivity contribution >= 4 is 11.6 Å². The maximum absolute atomic E-state index is 11.4. The molecule has 7 heteroatoms. The summed E-state index contributed by atoms with van der Waals surface area (Å²) in [5.74, 6) is 0.607. The van der Waals surface area contributed by atoms with Crippen LogP contribution in [0.25, 0.3) is 0 Å². The standard InChI is InChI=1S/C15H20N4O3.C2H6/c1-8-6-13(21)16-17-15(8)10-4-5-14(22-3)19-12(10)7-11(18-19)9(2)20;1-2/h4-5,7-9,11,18,20H,6H2,1-3H3,(H,16,21);1-2H3. The third kappa shape index (κ3) is 3.37. The summed E-state index contributed by atoms with van der Waals surface area (Å²) in [4.78, 5) is 11.4. The molecule has 3 aliphatic heterocycles. The monoisotopic (exact) mass is 334 g/mol. The number of hydrazone groups is 1. The number of aliphatic hydroxyl groups excluding tert-OH is 1. The number of ether oxygens (including phenoxy) is 1. The number of carbonyl (C=O) groups excluding carboxylic acids is 1. The van der Waals surface area contributed by atoms with Gasteiger partial charge < -0.3 is 9.84 Å². The van der Waals surface area contributed by atoms with Gasteiger partial charge in [0.2, 0.25) is 11.8 Å². The van der Waals surface area contributed by atoms with Crippen molar-refractivity contribution in [3.63, 3.8) is 0 Å². The first-order valence-corrected chi connectivity index (χ1v) is 8.30. The van der Waals surface area contributed by atoms with Gasteiger partial charge in [0.25, 0.3) is 0 Å². The Bertz CT molecular complexity index is 619. The SMILES string of the molecule is CC.COC1=CC=C(C2=NNC(=O)CC2C)C2=CC(C(C)O)NN12. The highest BCUT2D eigenvalue weighted by atomic mass is 16.5. The molecule has 0 aliphatic carbocycles. The first kappa shape index (κ1) is 18.2. The van der Waals surface area contributed by atoms with Gasteiger partial charge in [-0.3, -0.25) is 4.79 Å². The normalized spacial score (nSPS) is 26.8. The number of amides is 1. The fourth-order valence-corrected chi connectivity index (χ4v) is 2.81. The van der Waals surface area contributed by atoms with Crippen LogP contribution in [0.15, 0.2) is 40.5 Å². The molecule has 1 amide bonds. The number of aliphatic hydroxyl groups is 1. The van der Waals surface area contributed by atoms with Crippen molar-refractivity contribution < 1.29 is 14.6 Å².